The molecule has 2 N–H and O–H groups in total. The van der Waals surface area contributed by atoms with Gasteiger partial charge >= 0.3 is 0 Å². The Hall–Kier alpha value is -4.35. The molecule has 3 aromatic carbocycles. The number of carbonyl (C=O) groups is 2. The van der Waals surface area contributed by atoms with Gasteiger partial charge in [-0.2, -0.15) is 0 Å². The van der Waals surface area contributed by atoms with Gasteiger partial charge in [-0.15, -0.1) is 0 Å². The summed E-state index contributed by atoms with van der Waals surface area (Å²) >= 11 is 7.54. The van der Waals surface area contributed by atoms with Crippen LogP contribution >= 0.6 is 23.4 Å². The minimum absolute atomic E-state index is 0.0441. The first-order chi connectivity index (χ1) is 19.7. The van der Waals surface area contributed by atoms with E-state index < -0.39 is 10.8 Å². The van der Waals surface area contributed by atoms with E-state index in [1.807, 2.05) is 19.1 Å². The molecule has 2 heterocycles. The number of nitrogens with one attached hydrogen (secondary N) is 2. The normalized spacial score (nSPS) is 16.4. The van der Waals surface area contributed by atoms with Crippen LogP contribution in [0.3, 0.4) is 0 Å². The molecule has 41 heavy (non-hydrogen) atoms. The van der Waals surface area contributed by atoms with Crippen molar-refractivity contribution in [3.8, 4) is 5.75 Å². The molecule has 2 aliphatic rings. The van der Waals surface area contributed by atoms with E-state index in [-0.39, 0.29) is 28.2 Å². The number of thioether (sulfide) groups is 1. The maximum atomic E-state index is 13.6. The fourth-order valence-corrected chi connectivity index (χ4v) is 5.93. The van der Waals surface area contributed by atoms with Crippen LogP contribution in [0.4, 0.5) is 17.1 Å². The van der Waals surface area contributed by atoms with Crippen molar-refractivity contribution in [2.45, 2.75) is 19.4 Å². The number of benzene rings is 3. The molecule has 2 amide bonds. The minimum atomic E-state index is -0.633. The van der Waals surface area contributed by atoms with Crippen molar-refractivity contribution in [2.75, 3.05) is 30.0 Å². The van der Waals surface area contributed by atoms with Crippen LogP contribution < -0.4 is 15.4 Å². The number of fused-ring (bicyclic) bond motifs is 1. The Labute approximate surface area is 245 Å². The highest BCUT2D eigenvalue weighted by Gasteiger charge is 2.37. The standard InChI is InChI=1S/C29H26ClN5O5S/c1-17-25(28(37)33-21-9-11-22(40-2)12-10-21)26(34-14-3-15-41-29(34)31-17)18-4-7-20(8-5-18)32-27(36)19-6-13-23(30)24(16-19)35(38)39/h4-13,16,26H,3,14-15H2,1-2H3,(H,32,36)(H,33,37). The molecule has 1 saturated heterocycles. The summed E-state index contributed by atoms with van der Waals surface area (Å²) < 4.78 is 5.21. The zero-order valence-electron chi connectivity index (χ0n) is 22.2. The maximum absolute atomic E-state index is 13.6. The highest BCUT2D eigenvalue weighted by Crippen LogP contribution is 2.40. The highest BCUT2D eigenvalue weighted by atomic mass is 35.5. The predicted octanol–water partition coefficient (Wildman–Crippen LogP) is 6.27. The number of hydrogen-bond donors (Lipinski definition) is 2. The van der Waals surface area contributed by atoms with E-state index in [2.05, 4.69) is 15.5 Å². The van der Waals surface area contributed by atoms with E-state index in [1.54, 1.807) is 55.3 Å². The van der Waals surface area contributed by atoms with Gasteiger partial charge in [0.05, 0.1) is 29.3 Å². The van der Waals surface area contributed by atoms with Crippen LogP contribution in [0.25, 0.3) is 0 Å². The second-order valence-electron chi connectivity index (χ2n) is 9.37. The van der Waals surface area contributed by atoms with Crippen molar-refractivity contribution in [3.05, 3.63) is 104 Å². The zero-order valence-corrected chi connectivity index (χ0v) is 23.8. The maximum Gasteiger partial charge on any atom is 0.288 e. The Kier molecular flexibility index (Phi) is 8.27. The molecule has 10 nitrogen and oxygen atoms in total. The molecule has 210 valence electrons. The van der Waals surface area contributed by atoms with E-state index in [9.17, 15) is 19.7 Å². The van der Waals surface area contributed by atoms with Gasteiger partial charge in [0, 0.05) is 35.3 Å². The number of allylic oxidation sites excluding steroid dienone is 1. The largest absolute Gasteiger partial charge is 0.497 e. The summed E-state index contributed by atoms with van der Waals surface area (Å²) in [6.07, 6.45) is 0.952. The smallest absolute Gasteiger partial charge is 0.288 e. The van der Waals surface area contributed by atoms with Crippen LogP contribution in [0, 0.1) is 10.1 Å². The third-order valence-electron chi connectivity index (χ3n) is 6.74. The SMILES string of the molecule is COc1ccc(NC(=O)C2=C(C)N=C3SCCCN3C2c2ccc(NC(=O)c3ccc(Cl)c([N+](=O)[O-])c3)cc2)cc1. The number of halogens is 1. The second kappa shape index (κ2) is 12.0. The summed E-state index contributed by atoms with van der Waals surface area (Å²) in [5.74, 6) is 0.886. The Morgan fingerprint density at radius 1 is 1.05 bits per heavy atom. The van der Waals surface area contributed by atoms with Gasteiger partial charge in [-0.05, 0) is 67.4 Å². The number of nitro benzene ring substituents is 1. The summed E-state index contributed by atoms with van der Waals surface area (Å²) in [4.78, 5) is 43.9. The summed E-state index contributed by atoms with van der Waals surface area (Å²) in [6.45, 7) is 2.59. The molecule has 0 bridgehead atoms. The van der Waals surface area contributed by atoms with Crippen molar-refractivity contribution in [3.63, 3.8) is 0 Å². The number of amidine groups is 1. The fourth-order valence-electron chi connectivity index (χ4n) is 4.72. The summed E-state index contributed by atoms with van der Waals surface area (Å²) in [6, 6.07) is 17.8. The van der Waals surface area contributed by atoms with Crippen molar-refractivity contribution >= 4 is 57.4 Å². The lowest BCUT2D eigenvalue weighted by molar-refractivity contribution is -0.384. The number of aliphatic imine (C=N–C) groups is 1. The number of anilines is 2. The van der Waals surface area contributed by atoms with Crippen LogP contribution in [-0.2, 0) is 4.79 Å². The Morgan fingerprint density at radius 2 is 1.71 bits per heavy atom. The van der Waals surface area contributed by atoms with Crippen LogP contribution in [0.5, 0.6) is 5.75 Å². The molecule has 0 saturated carbocycles. The van der Waals surface area contributed by atoms with Gasteiger partial charge in [0.15, 0.2) is 5.17 Å². The number of rotatable bonds is 7. The number of hydrogen-bond acceptors (Lipinski definition) is 8. The van der Waals surface area contributed by atoms with Crippen molar-refractivity contribution in [1.29, 1.82) is 0 Å². The van der Waals surface area contributed by atoms with E-state index in [4.69, 9.17) is 21.3 Å². The van der Waals surface area contributed by atoms with Gasteiger partial charge in [0.25, 0.3) is 17.5 Å². The van der Waals surface area contributed by atoms with Gasteiger partial charge < -0.3 is 20.3 Å². The fraction of sp³-hybridized carbons (Fsp3) is 0.207. The monoisotopic (exact) mass is 591 g/mol. The molecule has 1 fully saturated rings. The number of nitrogens with zero attached hydrogens (tertiary/aromatic N) is 3. The molecule has 0 spiro atoms. The average Bonchev–Trinajstić information content (AvgIpc) is 2.97. The topological polar surface area (TPSA) is 126 Å². The average molecular weight is 592 g/mol. The lowest BCUT2D eigenvalue weighted by atomic mass is 9.93. The number of amides is 2. The van der Waals surface area contributed by atoms with Gasteiger partial charge in [0.2, 0.25) is 0 Å². The number of nitro groups is 1. The molecule has 0 aromatic heterocycles. The quantitative estimate of drug-likeness (QED) is 0.245. The van der Waals surface area contributed by atoms with E-state index in [0.717, 1.165) is 35.5 Å². The molecule has 3 aromatic rings. The van der Waals surface area contributed by atoms with Crippen molar-refractivity contribution in [1.82, 2.24) is 4.90 Å². The van der Waals surface area contributed by atoms with E-state index in [0.29, 0.717) is 28.4 Å². The molecule has 1 atom stereocenters. The Bertz CT molecular complexity index is 1570. The predicted molar refractivity (Wildman–Crippen MR) is 161 cm³/mol. The highest BCUT2D eigenvalue weighted by molar-refractivity contribution is 8.13. The van der Waals surface area contributed by atoms with Gasteiger partial charge in [0.1, 0.15) is 10.8 Å². The van der Waals surface area contributed by atoms with E-state index >= 15 is 0 Å². The first-order valence-corrected chi connectivity index (χ1v) is 14.1. The van der Waals surface area contributed by atoms with Gasteiger partial charge in [-0.3, -0.25) is 19.7 Å². The van der Waals surface area contributed by atoms with Gasteiger partial charge in [-0.1, -0.05) is 35.5 Å². The Morgan fingerprint density at radius 3 is 2.37 bits per heavy atom. The molecule has 1 unspecified atom stereocenters. The molecule has 12 heteroatoms. The minimum Gasteiger partial charge on any atom is -0.497 e. The van der Waals surface area contributed by atoms with E-state index in [1.165, 1.54) is 12.1 Å². The first-order valence-electron chi connectivity index (χ1n) is 12.7. The third kappa shape index (κ3) is 6.06. The van der Waals surface area contributed by atoms with Crippen LogP contribution in [0.1, 0.15) is 35.3 Å². The zero-order chi connectivity index (χ0) is 29.1. The van der Waals surface area contributed by atoms with Gasteiger partial charge in [-0.25, -0.2) is 4.99 Å². The molecule has 2 aliphatic heterocycles. The molecule has 0 radical (unpaired) electrons. The summed E-state index contributed by atoms with van der Waals surface area (Å²) in [5.41, 5.74) is 2.95. The van der Waals surface area contributed by atoms with Crippen molar-refractivity contribution in [2.24, 2.45) is 4.99 Å². The molecule has 5 rings (SSSR count). The first kappa shape index (κ1) is 28.2. The third-order valence-corrected chi connectivity index (χ3v) is 8.14. The van der Waals surface area contributed by atoms with Crippen LogP contribution in [0.15, 0.2) is 83.0 Å². The van der Waals surface area contributed by atoms with Crippen molar-refractivity contribution < 1.29 is 19.2 Å². The number of ether oxygens (including phenoxy) is 1. The lowest BCUT2D eigenvalue weighted by Gasteiger charge is -2.41. The molecule has 0 aliphatic carbocycles. The van der Waals surface area contributed by atoms with Crippen LogP contribution in [-0.4, -0.2) is 46.2 Å². The molecular weight excluding hydrogens is 566 g/mol. The summed E-state index contributed by atoms with van der Waals surface area (Å²) in [7, 11) is 1.58. The molecular formula is C29H26ClN5O5S. The van der Waals surface area contributed by atoms with Crippen LogP contribution in [0.2, 0.25) is 5.02 Å². The second-order valence-corrected chi connectivity index (χ2v) is 10.8. The Balaban J connectivity index is 1.40. The number of methoxy groups -OCH3 is 1. The summed E-state index contributed by atoms with van der Waals surface area (Å²) in [5, 5.41) is 17.8. The number of carbonyl (C=O) groups excluding carboxylic acids is 2. The lowest BCUT2D eigenvalue weighted by Crippen LogP contribution is -2.43.